The number of nitrogens with one attached hydrogen (secondary N) is 1. The molecule has 1 amide bonds. The maximum Gasteiger partial charge on any atom is 0.261 e. The van der Waals surface area contributed by atoms with Gasteiger partial charge in [0.05, 0.1) is 36.9 Å². The molecule has 0 bridgehead atoms. The number of morpholine rings is 1. The van der Waals surface area contributed by atoms with Crippen molar-refractivity contribution in [3.8, 4) is 11.5 Å². The zero-order valence-electron chi connectivity index (χ0n) is 17.3. The van der Waals surface area contributed by atoms with E-state index in [1.54, 1.807) is 29.2 Å². The smallest absolute Gasteiger partial charge is 0.261 e. The van der Waals surface area contributed by atoms with E-state index in [0.717, 1.165) is 0 Å². The largest absolute Gasteiger partial charge is 0.496 e. The Labute approximate surface area is 176 Å². The van der Waals surface area contributed by atoms with Gasteiger partial charge in [-0.2, -0.15) is 0 Å². The minimum absolute atomic E-state index is 0.0225. The van der Waals surface area contributed by atoms with Crippen LogP contribution in [0.5, 0.6) is 11.5 Å². The lowest BCUT2D eigenvalue weighted by molar-refractivity contribution is 0.0300. The van der Waals surface area contributed by atoms with Crippen LogP contribution >= 0.6 is 0 Å². The van der Waals surface area contributed by atoms with Crippen molar-refractivity contribution in [1.29, 1.82) is 0 Å². The minimum atomic E-state index is -3.90. The lowest BCUT2D eigenvalue weighted by atomic mass is 10.1. The summed E-state index contributed by atoms with van der Waals surface area (Å²) in [6, 6.07) is 10.9. The highest BCUT2D eigenvalue weighted by molar-refractivity contribution is 7.92. The molecule has 0 aliphatic carbocycles. The van der Waals surface area contributed by atoms with Gasteiger partial charge in [-0.3, -0.25) is 9.52 Å². The molecule has 1 aliphatic heterocycles. The predicted molar refractivity (Wildman–Crippen MR) is 113 cm³/mol. The Morgan fingerprint density at radius 3 is 2.37 bits per heavy atom. The second-order valence-corrected chi connectivity index (χ2v) is 8.75. The molecule has 2 aromatic carbocycles. The van der Waals surface area contributed by atoms with Gasteiger partial charge in [0.2, 0.25) is 0 Å². The molecule has 3 rings (SSSR count). The van der Waals surface area contributed by atoms with Crippen LogP contribution in [0.1, 0.15) is 24.2 Å². The van der Waals surface area contributed by atoms with Crippen LogP contribution in [0.25, 0.3) is 0 Å². The van der Waals surface area contributed by atoms with Crippen molar-refractivity contribution in [2.75, 3.05) is 38.1 Å². The van der Waals surface area contributed by atoms with Gasteiger partial charge < -0.3 is 19.1 Å². The van der Waals surface area contributed by atoms with Crippen LogP contribution in [0.2, 0.25) is 0 Å². The standard InChI is InChI=1S/C21H26N2O6S/c1-15(2)29-17-6-4-16(5-7-17)22-30(25,26)18-8-9-20(27-3)19(14-18)21(24)23-10-12-28-13-11-23/h4-9,14-15,22H,10-13H2,1-3H3. The molecule has 162 valence electrons. The number of carbonyl (C=O) groups excluding carboxylic acids is 1. The number of ether oxygens (including phenoxy) is 3. The van der Waals surface area contributed by atoms with Gasteiger partial charge in [0.1, 0.15) is 11.5 Å². The number of methoxy groups -OCH3 is 1. The number of hydrogen-bond acceptors (Lipinski definition) is 6. The van der Waals surface area contributed by atoms with Crippen LogP contribution in [0.3, 0.4) is 0 Å². The van der Waals surface area contributed by atoms with Crippen LogP contribution in [0.15, 0.2) is 47.4 Å². The number of rotatable bonds is 7. The fourth-order valence-electron chi connectivity index (χ4n) is 3.05. The SMILES string of the molecule is COc1ccc(S(=O)(=O)Nc2ccc(OC(C)C)cc2)cc1C(=O)N1CCOCC1. The highest BCUT2D eigenvalue weighted by Crippen LogP contribution is 2.26. The summed E-state index contributed by atoms with van der Waals surface area (Å²) in [5.74, 6) is 0.679. The molecular formula is C21H26N2O6S. The van der Waals surface area contributed by atoms with E-state index in [2.05, 4.69) is 4.72 Å². The third-order valence-electron chi connectivity index (χ3n) is 4.49. The number of benzene rings is 2. The monoisotopic (exact) mass is 434 g/mol. The summed E-state index contributed by atoms with van der Waals surface area (Å²) in [5.41, 5.74) is 0.589. The van der Waals surface area contributed by atoms with Crippen molar-refractivity contribution in [3.05, 3.63) is 48.0 Å². The van der Waals surface area contributed by atoms with E-state index in [4.69, 9.17) is 14.2 Å². The molecule has 0 atom stereocenters. The molecule has 1 heterocycles. The Bertz CT molecular complexity index is 983. The van der Waals surface area contributed by atoms with Crippen molar-refractivity contribution >= 4 is 21.6 Å². The van der Waals surface area contributed by atoms with Crippen LogP contribution in [-0.2, 0) is 14.8 Å². The van der Waals surface area contributed by atoms with Crippen LogP contribution in [0.4, 0.5) is 5.69 Å². The van der Waals surface area contributed by atoms with Crippen LogP contribution in [-0.4, -0.2) is 58.7 Å². The number of carbonyl (C=O) groups is 1. The fourth-order valence-corrected chi connectivity index (χ4v) is 4.13. The summed E-state index contributed by atoms with van der Waals surface area (Å²) in [6.45, 7) is 5.62. The number of anilines is 1. The van der Waals surface area contributed by atoms with Gasteiger partial charge in [0.15, 0.2) is 0 Å². The molecule has 0 unspecified atom stereocenters. The number of sulfonamides is 1. The molecule has 1 fully saturated rings. The van der Waals surface area contributed by atoms with Crippen molar-refractivity contribution in [3.63, 3.8) is 0 Å². The molecule has 1 N–H and O–H groups in total. The van der Waals surface area contributed by atoms with Crippen molar-refractivity contribution in [1.82, 2.24) is 4.90 Å². The molecule has 0 aromatic heterocycles. The number of nitrogens with zero attached hydrogens (tertiary/aromatic N) is 1. The summed E-state index contributed by atoms with van der Waals surface area (Å²) in [6.07, 6.45) is 0.0225. The van der Waals surface area contributed by atoms with E-state index < -0.39 is 10.0 Å². The fraction of sp³-hybridized carbons (Fsp3) is 0.381. The first-order chi connectivity index (χ1) is 14.3. The van der Waals surface area contributed by atoms with Gasteiger partial charge in [0, 0.05) is 18.8 Å². The molecule has 1 aliphatic rings. The molecule has 9 heteroatoms. The summed E-state index contributed by atoms with van der Waals surface area (Å²) in [5, 5.41) is 0. The normalized spacial score (nSPS) is 14.5. The first-order valence-electron chi connectivity index (χ1n) is 9.65. The molecule has 0 saturated carbocycles. The third-order valence-corrected chi connectivity index (χ3v) is 5.87. The van der Waals surface area contributed by atoms with Gasteiger partial charge >= 0.3 is 0 Å². The van der Waals surface area contributed by atoms with Crippen LogP contribution in [0, 0.1) is 0 Å². The van der Waals surface area contributed by atoms with Gasteiger partial charge in [-0.1, -0.05) is 0 Å². The predicted octanol–water partition coefficient (Wildman–Crippen LogP) is 2.76. The van der Waals surface area contributed by atoms with Crippen molar-refractivity contribution in [2.24, 2.45) is 0 Å². The Balaban J connectivity index is 1.84. The van der Waals surface area contributed by atoms with E-state index >= 15 is 0 Å². The van der Waals surface area contributed by atoms with Crippen molar-refractivity contribution in [2.45, 2.75) is 24.8 Å². The van der Waals surface area contributed by atoms with Gasteiger partial charge in [-0.05, 0) is 56.3 Å². The number of amides is 1. The van der Waals surface area contributed by atoms with E-state index in [9.17, 15) is 13.2 Å². The maximum atomic E-state index is 12.9. The zero-order chi connectivity index (χ0) is 21.7. The topological polar surface area (TPSA) is 94.2 Å². The summed E-state index contributed by atoms with van der Waals surface area (Å²) < 4.78 is 44.4. The summed E-state index contributed by atoms with van der Waals surface area (Å²) >= 11 is 0. The van der Waals surface area contributed by atoms with E-state index in [-0.39, 0.29) is 22.5 Å². The second kappa shape index (κ2) is 9.36. The Hall–Kier alpha value is -2.78. The van der Waals surface area contributed by atoms with E-state index in [1.807, 2.05) is 13.8 Å². The average Bonchev–Trinajstić information content (AvgIpc) is 2.74. The van der Waals surface area contributed by atoms with Crippen LogP contribution < -0.4 is 14.2 Å². The number of hydrogen-bond donors (Lipinski definition) is 1. The lowest BCUT2D eigenvalue weighted by Gasteiger charge is -2.27. The van der Waals surface area contributed by atoms with Gasteiger partial charge in [-0.15, -0.1) is 0 Å². The Morgan fingerprint density at radius 2 is 1.77 bits per heavy atom. The minimum Gasteiger partial charge on any atom is -0.496 e. The van der Waals surface area contributed by atoms with Gasteiger partial charge in [0.25, 0.3) is 15.9 Å². The molecule has 2 aromatic rings. The molecule has 0 radical (unpaired) electrons. The maximum absolute atomic E-state index is 12.9. The van der Waals surface area contributed by atoms with Gasteiger partial charge in [-0.25, -0.2) is 8.42 Å². The Kier molecular flexibility index (Phi) is 6.84. The third kappa shape index (κ3) is 5.22. The average molecular weight is 435 g/mol. The highest BCUT2D eigenvalue weighted by Gasteiger charge is 2.24. The second-order valence-electron chi connectivity index (χ2n) is 7.06. The molecule has 30 heavy (non-hydrogen) atoms. The van der Waals surface area contributed by atoms with Crippen molar-refractivity contribution < 1.29 is 27.4 Å². The molecule has 0 spiro atoms. The molecule has 1 saturated heterocycles. The first kappa shape index (κ1) is 21.9. The lowest BCUT2D eigenvalue weighted by Crippen LogP contribution is -2.40. The zero-order valence-corrected chi connectivity index (χ0v) is 18.1. The first-order valence-corrected chi connectivity index (χ1v) is 11.1. The summed E-state index contributed by atoms with van der Waals surface area (Å²) in [7, 11) is -2.46. The Morgan fingerprint density at radius 1 is 1.10 bits per heavy atom. The highest BCUT2D eigenvalue weighted by atomic mass is 32.2. The van der Waals surface area contributed by atoms with E-state index in [0.29, 0.717) is 43.5 Å². The molecule has 8 nitrogen and oxygen atoms in total. The van der Waals surface area contributed by atoms with E-state index in [1.165, 1.54) is 25.3 Å². The quantitative estimate of drug-likeness (QED) is 0.720. The summed E-state index contributed by atoms with van der Waals surface area (Å²) in [4.78, 5) is 14.5. The molecular weight excluding hydrogens is 408 g/mol.